The first-order valence-electron chi connectivity index (χ1n) is 6.26. The molecule has 0 radical (unpaired) electrons. The lowest BCUT2D eigenvalue weighted by atomic mass is 9.92. The van der Waals surface area contributed by atoms with Crippen molar-refractivity contribution in [1.29, 1.82) is 0 Å². The van der Waals surface area contributed by atoms with Gasteiger partial charge in [0.25, 0.3) is 0 Å². The van der Waals surface area contributed by atoms with E-state index in [-0.39, 0.29) is 5.91 Å². The van der Waals surface area contributed by atoms with Crippen LogP contribution >= 0.6 is 0 Å². The normalized spacial score (nSPS) is 23.4. The summed E-state index contributed by atoms with van der Waals surface area (Å²) in [6.45, 7) is 8.93. The molecule has 1 aliphatic heterocycles. The lowest BCUT2D eigenvalue weighted by Crippen LogP contribution is -2.47. The number of hydrogen-bond donors (Lipinski definition) is 3. The van der Waals surface area contributed by atoms with E-state index in [4.69, 9.17) is 10.5 Å². The van der Waals surface area contributed by atoms with Gasteiger partial charge >= 0.3 is 0 Å². The lowest BCUT2D eigenvalue weighted by Gasteiger charge is -2.29. The predicted octanol–water partition coefficient (Wildman–Crippen LogP) is -0.145. The molecule has 0 bridgehead atoms. The van der Waals surface area contributed by atoms with Crippen molar-refractivity contribution < 1.29 is 9.53 Å². The molecule has 0 saturated carbocycles. The minimum Gasteiger partial charge on any atom is -0.379 e. The highest BCUT2D eigenvalue weighted by Crippen LogP contribution is 2.13. The molecule has 2 unspecified atom stereocenters. The summed E-state index contributed by atoms with van der Waals surface area (Å²) in [4.78, 5) is 11.2. The van der Waals surface area contributed by atoms with Crippen molar-refractivity contribution >= 4 is 5.91 Å². The van der Waals surface area contributed by atoms with Crippen molar-refractivity contribution in [2.45, 2.75) is 39.3 Å². The fourth-order valence-corrected chi connectivity index (χ4v) is 1.80. The highest BCUT2D eigenvalue weighted by atomic mass is 16.5. The molecular formula is C12H25N3O2. The molecule has 0 aliphatic carbocycles. The number of carbonyl (C=O) groups excluding carboxylic acids is 1. The van der Waals surface area contributed by atoms with E-state index in [1.165, 1.54) is 0 Å². The molecule has 5 nitrogen and oxygen atoms in total. The van der Waals surface area contributed by atoms with Crippen LogP contribution < -0.4 is 16.4 Å². The smallest absolute Gasteiger partial charge is 0.224 e. The number of nitrogens with one attached hydrogen (secondary N) is 2. The highest BCUT2D eigenvalue weighted by molar-refractivity contribution is 5.80. The van der Waals surface area contributed by atoms with Crippen LogP contribution in [0.5, 0.6) is 0 Å². The number of rotatable bonds is 6. The molecule has 4 N–H and O–H groups in total. The second-order valence-corrected chi connectivity index (χ2v) is 5.49. The van der Waals surface area contributed by atoms with Crippen LogP contribution in [0.25, 0.3) is 0 Å². The first-order valence-corrected chi connectivity index (χ1v) is 6.26. The summed E-state index contributed by atoms with van der Waals surface area (Å²) in [5, 5.41) is 6.77. The lowest BCUT2D eigenvalue weighted by molar-refractivity contribution is -0.125. The quantitative estimate of drug-likeness (QED) is 0.606. The van der Waals surface area contributed by atoms with Crippen molar-refractivity contribution in [2.24, 2.45) is 11.1 Å². The molecule has 1 heterocycles. The van der Waals surface area contributed by atoms with Crippen LogP contribution in [0.15, 0.2) is 0 Å². The summed E-state index contributed by atoms with van der Waals surface area (Å²) in [6, 6.07) is 0.746. The number of morpholine rings is 1. The van der Waals surface area contributed by atoms with E-state index in [1.54, 1.807) is 0 Å². The van der Waals surface area contributed by atoms with Crippen LogP contribution in [0.4, 0.5) is 0 Å². The van der Waals surface area contributed by atoms with Gasteiger partial charge in [-0.3, -0.25) is 4.79 Å². The minimum atomic E-state index is -0.495. The van der Waals surface area contributed by atoms with E-state index in [9.17, 15) is 4.79 Å². The Kier molecular flexibility index (Phi) is 5.36. The average molecular weight is 243 g/mol. The van der Waals surface area contributed by atoms with Gasteiger partial charge in [0.2, 0.25) is 5.91 Å². The van der Waals surface area contributed by atoms with Gasteiger partial charge in [0.1, 0.15) is 0 Å². The summed E-state index contributed by atoms with van der Waals surface area (Å²) >= 11 is 0. The maximum Gasteiger partial charge on any atom is 0.224 e. The maximum absolute atomic E-state index is 11.2. The molecule has 1 aliphatic rings. The summed E-state index contributed by atoms with van der Waals surface area (Å²) in [6.07, 6.45) is 0.995. The maximum atomic E-state index is 11.2. The van der Waals surface area contributed by atoms with Crippen LogP contribution in [0.2, 0.25) is 0 Å². The highest BCUT2D eigenvalue weighted by Gasteiger charge is 2.25. The Labute approximate surface area is 103 Å². The van der Waals surface area contributed by atoms with Crippen molar-refractivity contribution in [1.82, 2.24) is 10.6 Å². The van der Waals surface area contributed by atoms with Crippen LogP contribution in [0.1, 0.15) is 27.2 Å². The summed E-state index contributed by atoms with van der Waals surface area (Å²) in [5.41, 5.74) is 4.83. The SMILES string of the molecule is CC(CC1COCCN1)NCC(C)(C)C(N)=O. The van der Waals surface area contributed by atoms with Gasteiger partial charge in [-0.15, -0.1) is 0 Å². The van der Waals surface area contributed by atoms with Gasteiger partial charge in [0.15, 0.2) is 0 Å². The van der Waals surface area contributed by atoms with Crippen molar-refractivity contribution in [3.05, 3.63) is 0 Å². The molecule has 0 aromatic heterocycles. The Hall–Kier alpha value is -0.650. The second-order valence-electron chi connectivity index (χ2n) is 5.49. The fourth-order valence-electron chi connectivity index (χ4n) is 1.80. The van der Waals surface area contributed by atoms with E-state index < -0.39 is 5.41 Å². The molecular weight excluding hydrogens is 218 g/mol. The second kappa shape index (κ2) is 6.33. The molecule has 17 heavy (non-hydrogen) atoms. The van der Waals surface area contributed by atoms with Gasteiger partial charge < -0.3 is 21.1 Å². The van der Waals surface area contributed by atoms with Crippen LogP contribution in [0, 0.1) is 5.41 Å². The predicted molar refractivity (Wildman–Crippen MR) is 67.7 cm³/mol. The van der Waals surface area contributed by atoms with Gasteiger partial charge in [-0.05, 0) is 27.2 Å². The minimum absolute atomic E-state index is 0.267. The van der Waals surface area contributed by atoms with E-state index in [0.29, 0.717) is 18.6 Å². The largest absolute Gasteiger partial charge is 0.379 e. The van der Waals surface area contributed by atoms with Gasteiger partial charge in [-0.25, -0.2) is 0 Å². The number of carbonyl (C=O) groups is 1. The summed E-state index contributed by atoms with van der Waals surface area (Å²) in [5.74, 6) is -0.267. The molecule has 2 atom stereocenters. The topological polar surface area (TPSA) is 76.4 Å². The average Bonchev–Trinajstić information content (AvgIpc) is 2.28. The molecule has 100 valence electrons. The number of nitrogens with two attached hydrogens (primary N) is 1. The molecule has 1 amide bonds. The number of hydrogen-bond acceptors (Lipinski definition) is 4. The van der Waals surface area contributed by atoms with Crippen LogP contribution in [-0.4, -0.2) is 44.3 Å². The molecule has 1 fully saturated rings. The zero-order valence-corrected chi connectivity index (χ0v) is 11.1. The monoisotopic (exact) mass is 243 g/mol. The third-order valence-corrected chi connectivity index (χ3v) is 3.20. The van der Waals surface area contributed by atoms with Gasteiger partial charge in [-0.2, -0.15) is 0 Å². The summed E-state index contributed by atoms with van der Waals surface area (Å²) < 4.78 is 5.40. The van der Waals surface area contributed by atoms with Crippen LogP contribution in [-0.2, 0) is 9.53 Å². The van der Waals surface area contributed by atoms with E-state index >= 15 is 0 Å². The van der Waals surface area contributed by atoms with Gasteiger partial charge in [0, 0.05) is 25.2 Å². The van der Waals surface area contributed by atoms with Gasteiger partial charge in [0.05, 0.1) is 18.6 Å². The fraction of sp³-hybridized carbons (Fsp3) is 0.917. The van der Waals surface area contributed by atoms with E-state index in [2.05, 4.69) is 17.6 Å². The number of amides is 1. The Bertz CT molecular complexity index is 250. The van der Waals surface area contributed by atoms with E-state index in [1.807, 2.05) is 13.8 Å². The van der Waals surface area contributed by atoms with E-state index in [0.717, 1.165) is 26.2 Å². The molecule has 1 saturated heterocycles. The standard InChI is InChI=1S/C12H25N3O2/c1-9(6-10-7-17-5-4-14-10)15-8-12(2,3)11(13)16/h9-10,14-15H,4-8H2,1-3H3,(H2,13,16). The molecule has 1 rings (SSSR count). The zero-order chi connectivity index (χ0) is 12.9. The van der Waals surface area contributed by atoms with Crippen molar-refractivity contribution in [3.63, 3.8) is 0 Å². The first kappa shape index (κ1) is 14.4. The van der Waals surface area contributed by atoms with Crippen molar-refractivity contribution in [3.8, 4) is 0 Å². The molecule has 5 heteroatoms. The molecule has 0 spiro atoms. The third kappa shape index (κ3) is 5.02. The Morgan fingerprint density at radius 1 is 1.65 bits per heavy atom. The molecule has 0 aromatic rings. The van der Waals surface area contributed by atoms with Crippen LogP contribution in [0.3, 0.4) is 0 Å². The number of ether oxygens (including phenoxy) is 1. The first-order chi connectivity index (χ1) is 7.92. The zero-order valence-electron chi connectivity index (χ0n) is 11.1. The Balaban J connectivity index is 2.24. The Morgan fingerprint density at radius 3 is 2.88 bits per heavy atom. The third-order valence-electron chi connectivity index (χ3n) is 3.20. The van der Waals surface area contributed by atoms with Gasteiger partial charge in [-0.1, -0.05) is 0 Å². The Morgan fingerprint density at radius 2 is 2.35 bits per heavy atom. The van der Waals surface area contributed by atoms with Crippen molar-refractivity contribution in [2.75, 3.05) is 26.3 Å². The summed E-state index contributed by atoms with van der Waals surface area (Å²) in [7, 11) is 0. The number of primary amides is 1. The molecule has 0 aromatic carbocycles.